The van der Waals surface area contributed by atoms with Crippen LogP contribution in [0.5, 0.6) is 0 Å². The third-order valence-corrected chi connectivity index (χ3v) is 7.47. The zero-order valence-corrected chi connectivity index (χ0v) is 25.1. The molecule has 1 aromatic heterocycles. The second kappa shape index (κ2) is 17.7. The van der Waals surface area contributed by atoms with Crippen molar-refractivity contribution in [1.82, 2.24) is 15.6 Å². The fourth-order valence-corrected chi connectivity index (χ4v) is 5.14. The molecule has 0 aliphatic heterocycles. The molecular formula is C35H45N3O5. The Morgan fingerprint density at radius 1 is 0.977 bits per heavy atom. The number of H-pyrrole nitrogens is 1. The molecule has 0 saturated carbocycles. The van der Waals surface area contributed by atoms with Crippen molar-refractivity contribution in [2.75, 3.05) is 13.2 Å². The van der Waals surface area contributed by atoms with E-state index in [4.69, 9.17) is 4.74 Å². The number of nitrogens with one attached hydrogen (secondary N) is 3. The van der Waals surface area contributed by atoms with Crippen LogP contribution in [0.4, 0.5) is 0 Å². The average Bonchev–Trinajstić information content (AvgIpc) is 3.42. The van der Waals surface area contributed by atoms with Crippen molar-refractivity contribution in [3.05, 3.63) is 97.2 Å². The first-order chi connectivity index (χ1) is 20.8. The smallest absolute Gasteiger partial charge is 0.309 e. The fourth-order valence-electron chi connectivity index (χ4n) is 5.14. The molecule has 230 valence electrons. The zero-order chi connectivity index (χ0) is 31.0. The largest absolute Gasteiger partial charge is 0.463 e. The number of hydrogen-bond donors (Lipinski definition) is 4. The Labute approximate surface area is 254 Å². The second-order valence-corrected chi connectivity index (χ2v) is 11.1. The minimum Gasteiger partial charge on any atom is -0.463 e. The summed E-state index contributed by atoms with van der Waals surface area (Å²) in [4.78, 5) is 42.7. The summed E-state index contributed by atoms with van der Waals surface area (Å²) in [5.74, 6) is -1.93. The molecule has 8 heteroatoms. The highest BCUT2D eigenvalue weighted by Gasteiger charge is 2.27. The molecule has 3 aromatic rings. The van der Waals surface area contributed by atoms with Gasteiger partial charge in [0, 0.05) is 29.6 Å². The Bertz CT molecular complexity index is 1340. The summed E-state index contributed by atoms with van der Waals surface area (Å²) in [7, 11) is 0. The van der Waals surface area contributed by atoms with Gasteiger partial charge in [-0.2, -0.15) is 0 Å². The standard InChI is InChI=1S/C35H45N3O5/c1-4-6-8-16-28(19-26-14-9-7-10-15-26)35(42)43-24-30(20-29-22-36-32-18-12-11-17-31(29)32)38-34(41)27(13-5-2)21-33(40)37-25(3)23-39/h4-5,7,9-12,14-15,17-18,22,25,27-28,30,36,39H,1-2,6,8,13,16,19-21,23-24H2,3H3,(H,37,40)(H,38,41)/t25-,27+,28-,30+/m1/s1. The molecule has 0 aliphatic rings. The Morgan fingerprint density at radius 3 is 2.44 bits per heavy atom. The molecule has 4 N–H and O–H groups in total. The molecule has 8 nitrogen and oxygen atoms in total. The van der Waals surface area contributed by atoms with Crippen LogP contribution in [0.2, 0.25) is 0 Å². The molecule has 2 amide bonds. The highest BCUT2D eigenvalue weighted by Crippen LogP contribution is 2.21. The van der Waals surface area contributed by atoms with Crippen LogP contribution in [-0.2, 0) is 32.0 Å². The molecule has 0 aliphatic carbocycles. The maximum Gasteiger partial charge on any atom is 0.309 e. The third-order valence-electron chi connectivity index (χ3n) is 7.47. The quantitative estimate of drug-likeness (QED) is 0.0891. The van der Waals surface area contributed by atoms with Crippen molar-refractivity contribution in [2.45, 2.75) is 64.0 Å². The number of para-hydroxylation sites is 1. The number of rotatable bonds is 19. The number of unbranched alkanes of at least 4 members (excludes halogenated alkanes) is 1. The normalized spacial score (nSPS) is 13.8. The maximum atomic E-state index is 13.5. The summed E-state index contributed by atoms with van der Waals surface area (Å²) >= 11 is 0. The number of benzene rings is 2. The first-order valence-corrected chi connectivity index (χ1v) is 15.0. The molecule has 2 aromatic carbocycles. The predicted molar refractivity (Wildman–Crippen MR) is 170 cm³/mol. The van der Waals surface area contributed by atoms with Crippen LogP contribution in [0.25, 0.3) is 10.9 Å². The lowest BCUT2D eigenvalue weighted by Crippen LogP contribution is -2.45. The van der Waals surface area contributed by atoms with Crippen LogP contribution in [0.1, 0.15) is 50.2 Å². The van der Waals surface area contributed by atoms with Gasteiger partial charge in [-0.15, -0.1) is 13.2 Å². The summed E-state index contributed by atoms with van der Waals surface area (Å²) in [6.45, 7) is 9.03. The maximum absolute atomic E-state index is 13.5. The van der Waals surface area contributed by atoms with Gasteiger partial charge in [-0.25, -0.2) is 0 Å². The molecular weight excluding hydrogens is 542 g/mol. The minimum absolute atomic E-state index is 0.00855. The number of fused-ring (bicyclic) bond motifs is 1. The van der Waals surface area contributed by atoms with E-state index in [1.165, 1.54) is 0 Å². The number of carbonyl (C=O) groups excluding carboxylic acids is 3. The Balaban J connectivity index is 1.76. The summed E-state index contributed by atoms with van der Waals surface area (Å²) in [6, 6.07) is 16.8. The molecule has 4 atom stereocenters. The summed E-state index contributed by atoms with van der Waals surface area (Å²) < 4.78 is 5.90. The number of aliphatic hydroxyl groups is 1. The molecule has 0 unspecified atom stereocenters. The van der Waals surface area contributed by atoms with Crippen molar-refractivity contribution in [1.29, 1.82) is 0 Å². The number of aromatic nitrogens is 1. The number of carbonyl (C=O) groups is 3. The zero-order valence-electron chi connectivity index (χ0n) is 25.1. The number of amides is 2. The van der Waals surface area contributed by atoms with E-state index in [-0.39, 0.29) is 43.3 Å². The molecule has 1 heterocycles. The van der Waals surface area contributed by atoms with Gasteiger partial charge in [0.25, 0.3) is 0 Å². The van der Waals surface area contributed by atoms with Gasteiger partial charge in [0.2, 0.25) is 11.8 Å². The van der Waals surface area contributed by atoms with Crippen molar-refractivity contribution in [2.24, 2.45) is 11.8 Å². The van der Waals surface area contributed by atoms with Crippen molar-refractivity contribution < 1.29 is 24.2 Å². The van der Waals surface area contributed by atoms with Crippen molar-refractivity contribution in [3.8, 4) is 0 Å². The third kappa shape index (κ3) is 10.9. The number of ether oxygens (including phenoxy) is 1. The lowest BCUT2D eigenvalue weighted by atomic mass is 9.94. The lowest BCUT2D eigenvalue weighted by molar-refractivity contribution is -0.150. The van der Waals surface area contributed by atoms with E-state index in [9.17, 15) is 19.5 Å². The van der Waals surface area contributed by atoms with Crippen LogP contribution < -0.4 is 10.6 Å². The Morgan fingerprint density at radius 2 is 1.72 bits per heavy atom. The molecule has 0 spiro atoms. The average molecular weight is 588 g/mol. The van der Waals surface area contributed by atoms with Gasteiger partial charge in [0.1, 0.15) is 6.61 Å². The van der Waals surface area contributed by atoms with Gasteiger partial charge in [0.15, 0.2) is 0 Å². The van der Waals surface area contributed by atoms with Gasteiger partial charge in [-0.1, -0.05) is 60.7 Å². The molecule has 0 saturated heterocycles. The Kier molecular flexibility index (Phi) is 13.7. The van der Waals surface area contributed by atoms with E-state index in [0.717, 1.165) is 34.9 Å². The van der Waals surface area contributed by atoms with Crippen LogP contribution in [-0.4, -0.2) is 53.2 Å². The van der Waals surface area contributed by atoms with Crippen LogP contribution >= 0.6 is 0 Å². The van der Waals surface area contributed by atoms with Crippen LogP contribution in [0.15, 0.2) is 86.1 Å². The molecule has 0 fully saturated rings. The highest BCUT2D eigenvalue weighted by atomic mass is 16.5. The number of esters is 1. The van der Waals surface area contributed by atoms with E-state index in [1.54, 1.807) is 13.0 Å². The van der Waals surface area contributed by atoms with E-state index >= 15 is 0 Å². The van der Waals surface area contributed by atoms with Gasteiger partial charge in [-0.3, -0.25) is 14.4 Å². The van der Waals surface area contributed by atoms with E-state index in [1.807, 2.05) is 66.9 Å². The number of allylic oxidation sites excluding steroid dienone is 2. The SMILES string of the molecule is C=CCCC[C@H](Cc1ccccc1)C(=O)OC[C@H](Cc1c[nH]c2ccccc12)NC(=O)[C@@H](CC=C)CC(=O)N[C@H](C)CO. The van der Waals surface area contributed by atoms with Gasteiger partial charge in [-0.05, 0) is 62.6 Å². The van der Waals surface area contributed by atoms with Gasteiger partial charge < -0.3 is 25.5 Å². The molecule has 3 rings (SSSR count). The number of aliphatic hydroxyl groups excluding tert-OH is 1. The molecule has 0 bridgehead atoms. The lowest BCUT2D eigenvalue weighted by Gasteiger charge is -2.24. The number of aromatic amines is 1. The van der Waals surface area contributed by atoms with Crippen molar-refractivity contribution in [3.63, 3.8) is 0 Å². The summed E-state index contributed by atoms with van der Waals surface area (Å²) in [5, 5.41) is 16.0. The second-order valence-electron chi connectivity index (χ2n) is 11.1. The van der Waals surface area contributed by atoms with Crippen molar-refractivity contribution >= 4 is 28.7 Å². The molecule has 43 heavy (non-hydrogen) atoms. The van der Waals surface area contributed by atoms with Crippen LogP contribution in [0.3, 0.4) is 0 Å². The topological polar surface area (TPSA) is 121 Å². The first-order valence-electron chi connectivity index (χ1n) is 15.0. The number of hydrogen-bond acceptors (Lipinski definition) is 5. The van der Waals surface area contributed by atoms with E-state index in [2.05, 4.69) is 28.8 Å². The monoisotopic (exact) mass is 587 g/mol. The fraction of sp³-hybridized carbons (Fsp3) is 0.400. The van der Waals surface area contributed by atoms with E-state index < -0.39 is 18.0 Å². The minimum atomic E-state index is -0.658. The summed E-state index contributed by atoms with van der Waals surface area (Å²) in [5.41, 5.74) is 3.02. The van der Waals surface area contributed by atoms with E-state index in [0.29, 0.717) is 25.7 Å². The summed E-state index contributed by atoms with van der Waals surface area (Å²) in [6.07, 6.45) is 8.92. The Hall–Kier alpha value is -4.17. The van der Waals surface area contributed by atoms with Gasteiger partial charge in [0.05, 0.1) is 24.5 Å². The predicted octanol–water partition coefficient (Wildman–Crippen LogP) is 5.03. The highest BCUT2D eigenvalue weighted by molar-refractivity contribution is 5.86. The van der Waals surface area contributed by atoms with Crippen LogP contribution in [0, 0.1) is 11.8 Å². The molecule has 0 radical (unpaired) electrons. The first kappa shape index (κ1) is 33.3. The van der Waals surface area contributed by atoms with Gasteiger partial charge >= 0.3 is 5.97 Å².